The second-order valence-corrected chi connectivity index (χ2v) is 24.3. The first-order valence-electron chi connectivity index (χ1n) is 31.9. The Balaban J connectivity index is 5.06. The topological polar surface area (TPSA) is 114 Å². The second kappa shape index (κ2) is 55.3. The van der Waals surface area contributed by atoms with Crippen LogP contribution in [-0.4, -0.2) is 69.4 Å². The standard InChI is InChI=1S/C65H123N2O7P/c1-7-10-13-16-19-22-25-27-28-29-30-31-32-33-34-35-36-37-38-40-43-46-49-52-55-58-65(69)74-63(56-53-50-47-44-42-39-26-23-20-17-14-11-8-2)62(61-73-75(70,71)72-60-59-67(4,5)6)66-64(68)57-54-51-48-45-41-24-21-18-15-12-9-3/h18-19,21-22,27-28,53,56,62-63H,7-17,20,23-26,29-52,54-55,57-61H2,1-6H3,(H-,66,68,70,71)/b21-18-,22-19-,28-27-,56-53-. The van der Waals surface area contributed by atoms with Gasteiger partial charge < -0.3 is 28.5 Å². The maximum absolute atomic E-state index is 13.5. The number of likely N-dealkylation sites (N-methyl/N-ethyl adjacent to an activating group) is 1. The van der Waals surface area contributed by atoms with Crippen LogP contribution in [0.15, 0.2) is 48.6 Å². The maximum Gasteiger partial charge on any atom is 0.306 e. The number of carbonyl (C=O) groups is 2. The Kier molecular flexibility index (Phi) is 53.8. The van der Waals surface area contributed by atoms with Crippen molar-refractivity contribution in [1.29, 1.82) is 0 Å². The van der Waals surface area contributed by atoms with Crippen LogP contribution in [0.2, 0.25) is 0 Å². The van der Waals surface area contributed by atoms with Gasteiger partial charge >= 0.3 is 5.97 Å². The maximum atomic E-state index is 13.5. The van der Waals surface area contributed by atoms with E-state index in [1.807, 2.05) is 33.3 Å². The summed E-state index contributed by atoms with van der Waals surface area (Å²) in [7, 11) is 1.19. The number of phosphoric acid groups is 1. The van der Waals surface area contributed by atoms with Gasteiger partial charge in [0.15, 0.2) is 0 Å². The lowest BCUT2D eigenvalue weighted by atomic mass is 10.0. The third-order valence-corrected chi connectivity index (χ3v) is 15.2. The number of nitrogens with zero attached hydrogens (tertiary/aromatic N) is 1. The number of phosphoric ester groups is 1. The predicted octanol–water partition coefficient (Wildman–Crippen LogP) is 19.0. The van der Waals surface area contributed by atoms with Crippen LogP contribution in [0.25, 0.3) is 0 Å². The van der Waals surface area contributed by atoms with Crippen molar-refractivity contribution in [3.63, 3.8) is 0 Å². The molecule has 1 amide bonds. The summed E-state index contributed by atoms with van der Waals surface area (Å²) in [6, 6.07) is -0.890. The van der Waals surface area contributed by atoms with Gasteiger partial charge in [0.2, 0.25) is 5.91 Å². The molecular weight excluding hydrogens is 952 g/mol. The number of hydrogen-bond donors (Lipinski definition) is 1. The Bertz CT molecular complexity index is 1420. The number of unbranched alkanes of at least 4 members (excludes halogenated alkanes) is 36. The van der Waals surface area contributed by atoms with E-state index in [0.717, 1.165) is 89.9 Å². The van der Waals surface area contributed by atoms with Crippen LogP contribution in [0.4, 0.5) is 0 Å². The van der Waals surface area contributed by atoms with Crippen LogP contribution in [0.5, 0.6) is 0 Å². The van der Waals surface area contributed by atoms with Gasteiger partial charge in [0, 0.05) is 12.8 Å². The molecule has 0 bridgehead atoms. The highest BCUT2D eigenvalue weighted by Crippen LogP contribution is 2.38. The molecule has 440 valence electrons. The third kappa shape index (κ3) is 56.5. The van der Waals surface area contributed by atoms with Crippen molar-refractivity contribution < 1.29 is 37.3 Å². The van der Waals surface area contributed by atoms with Crippen molar-refractivity contribution >= 4 is 19.7 Å². The van der Waals surface area contributed by atoms with E-state index in [4.69, 9.17) is 13.8 Å². The molecule has 3 atom stereocenters. The lowest BCUT2D eigenvalue weighted by Crippen LogP contribution is -2.47. The second-order valence-electron chi connectivity index (χ2n) is 22.9. The molecule has 0 spiro atoms. The SMILES string of the molecule is CCCC/C=C\CCCCCCCC(=O)NC(COP(=O)([O-])OCC[N+](C)(C)C)C(/C=C\CCCCCCCCCCCCC)OC(=O)CCCCCCCCCCCCCCCCC/C=C\C/C=C\CCCCC. The fraction of sp³-hybridized carbons (Fsp3) is 0.846. The molecule has 0 aliphatic rings. The summed E-state index contributed by atoms with van der Waals surface area (Å²) in [5.41, 5.74) is 0. The van der Waals surface area contributed by atoms with Crippen LogP contribution in [-0.2, 0) is 27.9 Å². The van der Waals surface area contributed by atoms with Crippen molar-refractivity contribution in [3.05, 3.63) is 48.6 Å². The van der Waals surface area contributed by atoms with E-state index in [-0.39, 0.29) is 31.5 Å². The van der Waals surface area contributed by atoms with Crippen LogP contribution in [0, 0.1) is 0 Å². The molecule has 0 aliphatic carbocycles. The number of hydrogen-bond acceptors (Lipinski definition) is 7. The quantitative estimate of drug-likeness (QED) is 0.0212. The van der Waals surface area contributed by atoms with Gasteiger partial charge in [-0.2, -0.15) is 0 Å². The highest BCUT2D eigenvalue weighted by Gasteiger charge is 2.27. The van der Waals surface area contributed by atoms with Crippen LogP contribution < -0.4 is 10.2 Å². The first-order valence-corrected chi connectivity index (χ1v) is 33.4. The Morgan fingerprint density at radius 3 is 1.28 bits per heavy atom. The smallest absolute Gasteiger partial charge is 0.306 e. The molecule has 0 heterocycles. The highest BCUT2D eigenvalue weighted by atomic mass is 31.2. The van der Waals surface area contributed by atoms with E-state index < -0.39 is 20.0 Å². The molecule has 9 nitrogen and oxygen atoms in total. The van der Waals surface area contributed by atoms with E-state index in [1.54, 1.807) is 0 Å². The average Bonchev–Trinajstić information content (AvgIpc) is 3.37. The predicted molar refractivity (Wildman–Crippen MR) is 321 cm³/mol. The number of amides is 1. The molecule has 0 aromatic heterocycles. The number of carbonyl (C=O) groups excluding carboxylic acids is 2. The summed E-state index contributed by atoms with van der Waals surface area (Å²) in [6.07, 6.45) is 68.0. The van der Waals surface area contributed by atoms with E-state index in [1.165, 1.54) is 180 Å². The highest BCUT2D eigenvalue weighted by molar-refractivity contribution is 7.45. The number of esters is 1. The minimum Gasteiger partial charge on any atom is -0.756 e. The number of ether oxygens (including phenoxy) is 1. The number of allylic oxidation sites excluding steroid dienone is 7. The summed E-state index contributed by atoms with van der Waals surface area (Å²) >= 11 is 0. The van der Waals surface area contributed by atoms with E-state index >= 15 is 0 Å². The summed E-state index contributed by atoms with van der Waals surface area (Å²) in [5.74, 6) is -0.543. The van der Waals surface area contributed by atoms with Crippen molar-refractivity contribution in [2.24, 2.45) is 0 Å². The van der Waals surface area contributed by atoms with Gasteiger partial charge in [0.1, 0.15) is 19.3 Å². The Morgan fingerprint density at radius 1 is 0.467 bits per heavy atom. The molecule has 3 unspecified atom stereocenters. The van der Waals surface area contributed by atoms with Gasteiger partial charge in [-0.25, -0.2) is 0 Å². The molecule has 0 aromatic rings. The molecule has 0 aromatic carbocycles. The number of nitrogens with one attached hydrogen (secondary N) is 1. The van der Waals surface area contributed by atoms with Gasteiger partial charge in [0.25, 0.3) is 7.82 Å². The normalized spacial score (nSPS) is 14.0. The molecule has 0 rings (SSSR count). The van der Waals surface area contributed by atoms with Crippen molar-refractivity contribution in [3.8, 4) is 0 Å². The Hall–Kier alpha value is -2.03. The molecule has 0 aliphatic heterocycles. The van der Waals surface area contributed by atoms with E-state index in [0.29, 0.717) is 17.4 Å². The first kappa shape index (κ1) is 73.0. The average molecular weight is 1080 g/mol. The Labute approximate surface area is 465 Å². The zero-order chi connectivity index (χ0) is 55.0. The zero-order valence-corrected chi connectivity index (χ0v) is 51.2. The molecule has 10 heteroatoms. The van der Waals surface area contributed by atoms with Gasteiger partial charge in [-0.15, -0.1) is 0 Å². The van der Waals surface area contributed by atoms with Crippen LogP contribution in [0.1, 0.15) is 303 Å². The summed E-state index contributed by atoms with van der Waals surface area (Å²) in [5, 5.41) is 3.02. The minimum absolute atomic E-state index is 0.0229. The molecule has 1 N–H and O–H groups in total. The molecular formula is C65H123N2O7P. The minimum atomic E-state index is -4.70. The van der Waals surface area contributed by atoms with Crippen LogP contribution >= 0.6 is 7.82 Å². The summed E-state index contributed by atoms with van der Waals surface area (Å²) in [4.78, 5) is 39.9. The molecule has 0 radical (unpaired) electrons. The fourth-order valence-electron chi connectivity index (χ4n) is 9.24. The lowest BCUT2D eigenvalue weighted by Gasteiger charge is -2.30. The fourth-order valence-corrected chi connectivity index (χ4v) is 9.96. The molecule has 0 saturated heterocycles. The Morgan fingerprint density at radius 2 is 0.827 bits per heavy atom. The van der Waals surface area contributed by atoms with Gasteiger partial charge in [0.05, 0.1) is 33.8 Å². The first-order chi connectivity index (χ1) is 36.4. The lowest BCUT2D eigenvalue weighted by molar-refractivity contribution is -0.870. The van der Waals surface area contributed by atoms with Crippen molar-refractivity contribution in [2.75, 3.05) is 40.9 Å². The van der Waals surface area contributed by atoms with Crippen molar-refractivity contribution in [1.82, 2.24) is 5.32 Å². The number of quaternary nitrogens is 1. The summed E-state index contributed by atoms with van der Waals surface area (Å²) in [6.45, 7) is 6.80. The van der Waals surface area contributed by atoms with Gasteiger partial charge in [-0.05, 0) is 83.1 Å². The monoisotopic (exact) mass is 1070 g/mol. The van der Waals surface area contributed by atoms with Crippen molar-refractivity contribution in [2.45, 2.75) is 315 Å². The molecule has 0 fully saturated rings. The molecule has 75 heavy (non-hydrogen) atoms. The number of rotatable bonds is 58. The third-order valence-electron chi connectivity index (χ3n) is 14.2. The molecule has 0 saturated carbocycles. The van der Waals surface area contributed by atoms with Gasteiger partial charge in [-0.3, -0.25) is 14.2 Å². The summed E-state index contributed by atoms with van der Waals surface area (Å²) < 4.78 is 30.3. The largest absolute Gasteiger partial charge is 0.756 e. The zero-order valence-electron chi connectivity index (χ0n) is 50.3. The van der Waals surface area contributed by atoms with E-state index in [2.05, 4.69) is 62.5 Å². The van der Waals surface area contributed by atoms with Gasteiger partial charge in [-0.1, -0.05) is 256 Å². The van der Waals surface area contributed by atoms with Crippen LogP contribution in [0.3, 0.4) is 0 Å². The van der Waals surface area contributed by atoms with E-state index in [9.17, 15) is 19.0 Å².